The largest absolute Gasteiger partial charge is 0.487 e. The molecule has 0 bridgehead atoms. The van der Waals surface area contributed by atoms with Crippen molar-refractivity contribution in [3.05, 3.63) is 72.9 Å². The van der Waals surface area contributed by atoms with Gasteiger partial charge in [0.2, 0.25) is 0 Å². The molecule has 0 unspecified atom stereocenters. The maximum absolute atomic E-state index is 6.07. The van der Waals surface area contributed by atoms with Crippen LogP contribution in [0, 0.1) is 0 Å². The van der Waals surface area contributed by atoms with Gasteiger partial charge >= 0.3 is 0 Å². The van der Waals surface area contributed by atoms with E-state index in [0.29, 0.717) is 19.8 Å². The number of nitrogens with zero attached hydrogens (tertiary/aromatic N) is 4. The predicted octanol–water partition coefficient (Wildman–Crippen LogP) is 3.43. The summed E-state index contributed by atoms with van der Waals surface area (Å²) in [5.74, 6) is 1.63. The van der Waals surface area contributed by atoms with Gasteiger partial charge in [0.15, 0.2) is 5.65 Å². The van der Waals surface area contributed by atoms with Crippen molar-refractivity contribution >= 4 is 11.5 Å². The number of para-hydroxylation sites is 1. The lowest BCUT2D eigenvalue weighted by Gasteiger charge is -2.12. The predicted molar refractivity (Wildman–Crippen MR) is 107 cm³/mol. The highest BCUT2D eigenvalue weighted by Crippen LogP contribution is 2.35. The minimum absolute atomic E-state index is 0.388. The molecule has 0 aliphatic carbocycles. The van der Waals surface area contributed by atoms with E-state index in [1.165, 1.54) is 0 Å². The van der Waals surface area contributed by atoms with Crippen LogP contribution in [0.4, 0.5) is 5.82 Å². The molecule has 0 radical (unpaired) electrons. The van der Waals surface area contributed by atoms with Gasteiger partial charge in [-0.15, -0.1) is 0 Å². The van der Waals surface area contributed by atoms with Crippen molar-refractivity contribution in [1.82, 2.24) is 19.4 Å². The van der Waals surface area contributed by atoms with Crippen molar-refractivity contribution in [1.29, 1.82) is 0 Å². The number of ether oxygens (including phenoxy) is 2. The Morgan fingerprint density at radius 3 is 2.82 bits per heavy atom. The van der Waals surface area contributed by atoms with Gasteiger partial charge in [0.1, 0.15) is 23.9 Å². The molecule has 0 saturated heterocycles. The number of pyridine rings is 1. The van der Waals surface area contributed by atoms with E-state index >= 15 is 0 Å². The van der Waals surface area contributed by atoms with Crippen LogP contribution in [0.3, 0.4) is 0 Å². The maximum Gasteiger partial charge on any atom is 0.157 e. The maximum atomic E-state index is 6.07. The van der Waals surface area contributed by atoms with Gasteiger partial charge in [0.25, 0.3) is 0 Å². The summed E-state index contributed by atoms with van der Waals surface area (Å²) in [5, 5.41) is 3.42. The number of benzene rings is 1. The van der Waals surface area contributed by atoms with E-state index in [1.807, 2.05) is 53.1 Å². The first kappa shape index (κ1) is 17.9. The topological polar surface area (TPSA) is 73.6 Å². The highest BCUT2D eigenvalue weighted by Gasteiger charge is 2.17. The van der Waals surface area contributed by atoms with Crippen LogP contribution < -0.4 is 10.1 Å². The molecule has 0 saturated carbocycles. The van der Waals surface area contributed by atoms with Crippen molar-refractivity contribution < 1.29 is 9.47 Å². The van der Waals surface area contributed by atoms with Crippen molar-refractivity contribution in [3.8, 4) is 17.0 Å². The molecule has 4 aromatic rings. The fourth-order valence-electron chi connectivity index (χ4n) is 2.96. The fourth-order valence-corrected chi connectivity index (χ4v) is 2.96. The van der Waals surface area contributed by atoms with Gasteiger partial charge in [-0.2, -0.15) is 0 Å². The molecular formula is C21H21N5O2. The second-order valence-corrected chi connectivity index (χ2v) is 6.14. The summed E-state index contributed by atoms with van der Waals surface area (Å²) in [6.07, 6.45) is 7.13. The summed E-state index contributed by atoms with van der Waals surface area (Å²) in [4.78, 5) is 13.3. The molecule has 7 heteroatoms. The Hall–Kier alpha value is -3.45. The molecule has 3 heterocycles. The Balaban J connectivity index is 1.70. The zero-order valence-electron chi connectivity index (χ0n) is 15.6. The molecule has 0 aliphatic rings. The van der Waals surface area contributed by atoms with Gasteiger partial charge in [-0.3, -0.25) is 14.4 Å². The quantitative estimate of drug-likeness (QED) is 0.476. The highest BCUT2D eigenvalue weighted by molar-refractivity contribution is 5.80. The summed E-state index contributed by atoms with van der Waals surface area (Å²) in [7, 11) is 1.68. The summed E-state index contributed by atoms with van der Waals surface area (Å²) < 4.78 is 13.2. The number of hydrogen-bond acceptors (Lipinski definition) is 6. The van der Waals surface area contributed by atoms with E-state index in [2.05, 4.69) is 15.3 Å². The average molecular weight is 375 g/mol. The SMILES string of the molecule is COCCNc1c(-c2ccccc2OCc2ccccn2)nc2cnccn12. The van der Waals surface area contributed by atoms with Crippen molar-refractivity contribution in [2.45, 2.75) is 6.61 Å². The summed E-state index contributed by atoms with van der Waals surface area (Å²) in [6.45, 7) is 1.64. The lowest BCUT2D eigenvalue weighted by atomic mass is 10.1. The molecule has 28 heavy (non-hydrogen) atoms. The summed E-state index contributed by atoms with van der Waals surface area (Å²) in [6, 6.07) is 13.7. The zero-order valence-corrected chi connectivity index (χ0v) is 15.6. The van der Waals surface area contributed by atoms with Gasteiger partial charge in [-0.1, -0.05) is 18.2 Å². The van der Waals surface area contributed by atoms with Crippen molar-refractivity contribution in [3.63, 3.8) is 0 Å². The first-order valence-corrected chi connectivity index (χ1v) is 9.04. The molecule has 1 aromatic carbocycles. The van der Waals surface area contributed by atoms with Crippen LogP contribution in [0.1, 0.15) is 5.69 Å². The van der Waals surface area contributed by atoms with Crippen LogP contribution in [-0.4, -0.2) is 39.6 Å². The molecule has 142 valence electrons. The summed E-state index contributed by atoms with van der Waals surface area (Å²) >= 11 is 0. The Bertz CT molecular complexity index is 1050. The van der Waals surface area contributed by atoms with Crippen LogP contribution >= 0.6 is 0 Å². The number of rotatable bonds is 8. The second kappa shape index (κ2) is 8.49. The van der Waals surface area contributed by atoms with E-state index in [4.69, 9.17) is 14.5 Å². The summed E-state index contributed by atoms with van der Waals surface area (Å²) in [5.41, 5.74) is 3.34. The third-order valence-corrected chi connectivity index (χ3v) is 4.27. The minimum atomic E-state index is 0.388. The Labute approximate surface area is 163 Å². The molecule has 3 aromatic heterocycles. The molecule has 0 spiro atoms. The van der Waals surface area contributed by atoms with Crippen LogP contribution in [-0.2, 0) is 11.3 Å². The van der Waals surface area contributed by atoms with Crippen LogP contribution in [0.5, 0.6) is 5.75 Å². The van der Waals surface area contributed by atoms with Gasteiger partial charge < -0.3 is 14.8 Å². The molecule has 4 rings (SSSR count). The number of anilines is 1. The Kier molecular flexibility index (Phi) is 5.44. The smallest absolute Gasteiger partial charge is 0.157 e. The molecule has 0 fully saturated rings. The van der Waals surface area contributed by atoms with E-state index < -0.39 is 0 Å². The first-order valence-electron chi connectivity index (χ1n) is 9.04. The van der Waals surface area contributed by atoms with Crippen LogP contribution in [0.2, 0.25) is 0 Å². The molecule has 0 aliphatic heterocycles. The Morgan fingerprint density at radius 2 is 1.96 bits per heavy atom. The number of fused-ring (bicyclic) bond motifs is 1. The molecule has 7 nitrogen and oxygen atoms in total. The normalized spacial score (nSPS) is 10.9. The number of imidazole rings is 1. The lowest BCUT2D eigenvalue weighted by molar-refractivity contribution is 0.210. The lowest BCUT2D eigenvalue weighted by Crippen LogP contribution is -2.10. The van der Waals surface area contributed by atoms with Crippen molar-refractivity contribution in [2.75, 3.05) is 25.6 Å². The third-order valence-electron chi connectivity index (χ3n) is 4.27. The molecule has 0 amide bonds. The van der Waals surface area contributed by atoms with Gasteiger partial charge in [-0.25, -0.2) is 4.98 Å². The first-order chi connectivity index (χ1) is 13.9. The molecule has 1 N–H and O–H groups in total. The molecular weight excluding hydrogens is 354 g/mol. The van der Waals surface area contributed by atoms with Crippen LogP contribution in [0.25, 0.3) is 16.9 Å². The van der Waals surface area contributed by atoms with Crippen molar-refractivity contribution in [2.24, 2.45) is 0 Å². The fraction of sp³-hybridized carbons (Fsp3) is 0.190. The average Bonchev–Trinajstić information content (AvgIpc) is 3.12. The van der Waals surface area contributed by atoms with E-state index in [1.54, 1.807) is 25.7 Å². The third kappa shape index (κ3) is 3.79. The van der Waals surface area contributed by atoms with E-state index in [9.17, 15) is 0 Å². The monoisotopic (exact) mass is 375 g/mol. The number of nitrogens with one attached hydrogen (secondary N) is 1. The second-order valence-electron chi connectivity index (χ2n) is 6.14. The van der Waals surface area contributed by atoms with Gasteiger partial charge in [-0.05, 0) is 24.3 Å². The standard InChI is InChI=1S/C21H21N5O2/c1-27-13-11-24-21-20(25-19-14-22-10-12-26(19)21)17-7-2-3-8-18(17)28-15-16-6-4-5-9-23-16/h2-10,12,14,24H,11,13,15H2,1H3. The van der Waals surface area contributed by atoms with E-state index in [0.717, 1.165) is 34.2 Å². The molecule has 0 atom stereocenters. The minimum Gasteiger partial charge on any atom is -0.487 e. The van der Waals surface area contributed by atoms with Gasteiger partial charge in [0.05, 0.1) is 18.5 Å². The Morgan fingerprint density at radius 1 is 1.07 bits per heavy atom. The zero-order chi connectivity index (χ0) is 19.2. The number of aromatic nitrogens is 4. The number of methoxy groups -OCH3 is 1. The van der Waals surface area contributed by atoms with E-state index in [-0.39, 0.29) is 0 Å². The van der Waals surface area contributed by atoms with Crippen LogP contribution in [0.15, 0.2) is 67.3 Å². The van der Waals surface area contributed by atoms with Gasteiger partial charge in [0, 0.05) is 37.8 Å². The number of hydrogen-bond donors (Lipinski definition) is 1. The highest BCUT2D eigenvalue weighted by atomic mass is 16.5.